The van der Waals surface area contributed by atoms with E-state index in [2.05, 4.69) is 20.0 Å². The van der Waals surface area contributed by atoms with Crippen LogP contribution in [0.5, 0.6) is 5.75 Å². The van der Waals surface area contributed by atoms with E-state index in [9.17, 15) is 17.2 Å². The molecule has 0 aliphatic carbocycles. The molecule has 1 aliphatic rings. The van der Waals surface area contributed by atoms with Crippen molar-refractivity contribution in [1.82, 2.24) is 14.7 Å². The molecule has 0 atom stereocenters. The van der Waals surface area contributed by atoms with Gasteiger partial charge in [0.25, 0.3) is 0 Å². The van der Waals surface area contributed by atoms with E-state index in [0.29, 0.717) is 31.1 Å². The Morgan fingerprint density at radius 1 is 1.17 bits per heavy atom. The largest absolute Gasteiger partial charge is 0.486 e. The molecule has 2 heterocycles. The minimum Gasteiger partial charge on any atom is -0.486 e. The van der Waals surface area contributed by atoms with Crippen molar-refractivity contribution >= 4 is 27.3 Å². The molecule has 0 unspecified atom stereocenters. The SMILES string of the molecule is CCOCNS(=O)(=O)c1ccc(Nc2ncc(F)c(-c3cc(F)c4c(c3)N(C(C)C)CCO4)n2)cc1. The summed E-state index contributed by atoms with van der Waals surface area (Å²) in [5.41, 5.74) is 1.18. The lowest BCUT2D eigenvalue weighted by molar-refractivity contribution is 0.144. The molecular formula is C24H27F2N5O4S. The fourth-order valence-electron chi connectivity index (χ4n) is 3.76. The summed E-state index contributed by atoms with van der Waals surface area (Å²) in [7, 11) is -3.73. The van der Waals surface area contributed by atoms with Crippen LogP contribution in [-0.4, -0.2) is 50.9 Å². The normalized spacial score (nSPS) is 13.4. The molecule has 0 radical (unpaired) electrons. The smallest absolute Gasteiger partial charge is 0.242 e. The Hall–Kier alpha value is -3.35. The topological polar surface area (TPSA) is 106 Å². The lowest BCUT2D eigenvalue weighted by Gasteiger charge is -2.34. The summed E-state index contributed by atoms with van der Waals surface area (Å²) in [5.74, 6) is -1.12. The summed E-state index contributed by atoms with van der Waals surface area (Å²) >= 11 is 0. The van der Waals surface area contributed by atoms with Gasteiger partial charge in [-0.3, -0.25) is 0 Å². The highest BCUT2D eigenvalue weighted by molar-refractivity contribution is 7.89. The Morgan fingerprint density at radius 3 is 2.61 bits per heavy atom. The third-order valence-corrected chi connectivity index (χ3v) is 6.92. The standard InChI is InChI=1S/C24H27F2N5O4S/c1-4-34-14-28-36(32,33)18-7-5-17(6-8-18)29-24-27-13-20(26)22(30-24)16-11-19(25)23-21(12-16)31(15(2)3)9-10-35-23/h5-8,11-13,15,28H,4,9-10,14H2,1-3H3,(H,27,29,30). The number of hydrogen-bond donors (Lipinski definition) is 2. The van der Waals surface area contributed by atoms with Gasteiger partial charge in [-0.15, -0.1) is 0 Å². The van der Waals surface area contributed by atoms with Crippen molar-refractivity contribution in [1.29, 1.82) is 0 Å². The summed E-state index contributed by atoms with van der Waals surface area (Å²) < 4.78 is 67.0. The molecule has 2 aromatic carbocycles. The number of benzene rings is 2. The molecule has 9 nitrogen and oxygen atoms in total. The van der Waals surface area contributed by atoms with Gasteiger partial charge >= 0.3 is 0 Å². The second-order valence-electron chi connectivity index (χ2n) is 8.27. The summed E-state index contributed by atoms with van der Waals surface area (Å²) in [6.45, 7) is 6.92. The van der Waals surface area contributed by atoms with E-state index in [1.165, 1.54) is 30.3 Å². The molecule has 1 aliphatic heterocycles. The van der Waals surface area contributed by atoms with Gasteiger partial charge < -0.3 is 19.7 Å². The molecule has 3 aromatic rings. The molecule has 2 N–H and O–H groups in total. The maximum absolute atomic E-state index is 14.9. The van der Waals surface area contributed by atoms with Crippen LogP contribution in [0.2, 0.25) is 0 Å². The first-order valence-corrected chi connectivity index (χ1v) is 12.9. The van der Waals surface area contributed by atoms with Gasteiger partial charge in [0.1, 0.15) is 19.0 Å². The van der Waals surface area contributed by atoms with Crippen molar-refractivity contribution in [3.05, 3.63) is 54.2 Å². The number of aromatic nitrogens is 2. The number of rotatable bonds is 9. The van der Waals surface area contributed by atoms with E-state index in [4.69, 9.17) is 9.47 Å². The predicted molar refractivity (Wildman–Crippen MR) is 132 cm³/mol. The Bertz CT molecular complexity index is 1340. The van der Waals surface area contributed by atoms with Crippen LogP contribution in [0.15, 0.2) is 47.5 Å². The molecule has 12 heteroatoms. The third kappa shape index (κ3) is 5.55. The average Bonchev–Trinajstić information content (AvgIpc) is 2.85. The van der Waals surface area contributed by atoms with E-state index in [-0.39, 0.29) is 40.6 Å². The van der Waals surface area contributed by atoms with Crippen LogP contribution >= 0.6 is 0 Å². The highest BCUT2D eigenvalue weighted by Gasteiger charge is 2.25. The lowest BCUT2D eigenvalue weighted by Crippen LogP contribution is -2.38. The van der Waals surface area contributed by atoms with E-state index >= 15 is 0 Å². The highest BCUT2D eigenvalue weighted by atomic mass is 32.2. The Balaban J connectivity index is 1.59. The van der Waals surface area contributed by atoms with Crippen LogP contribution in [0.4, 0.5) is 26.1 Å². The number of halogens is 2. The minimum absolute atomic E-state index is 0.0509. The van der Waals surface area contributed by atoms with Crippen LogP contribution in [0.25, 0.3) is 11.3 Å². The van der Waals surface area contributed by atoms with Crippen molar-refractivity contribution in [2.24, 2.45) is 0 Å². The van der Waals surface area contributed by atoms with Crippen molar-refractivity contribution in [3.63, 3.8) is 0 Å². The third-order valence-electron chi connectivity index (χ3n) is 5.53. The summed E-state index contributed by atoms with van der Waals surface area (Å²) in [5, 5.41) is 2.92. The number of sulfonamides is 1. The second-order valence-corrected chi connectivity index (χ2v) is 10.0. The van der Waals surface area contributed by atoms with Crippen LogP contribution in [0.3, 0.4) is 0 Å². The fourth-order valence-corrected chi connectivity index (χ4v) is 4.66. The zero-order chi connectivity index (χ0) is 25.9. The van der Waals surface area contributed by atoms with Gasteiger partial charge in [-0.05, 0) is 57.2 Å². The zero-order valence-electron chi connectivity index (χ0n) is 20.1. The maximum Gasteiger partial charge on any atom is 0.242 e. The van der Waals surface area contributed by atoms with E-state index in [0.717, 1.165) is 6.20 Å². The van der Waals surface area contributed by atoms with Crippen LogP contribution in [0.1, 0.15) is 20.8 Å². The molecular weight excluding hydrogens is 492 g/mol. The minimum atomic E-state index is -3.73. The molecule has 192 valence electrons. The molecule has 0 saturated heterocycles. The molecule has 0 fully saturated rings. The van der Waals surface area contributed by atoms with Gasteiger partial charge in [0, 0.05) is 23.9 Å². The van der Waals surface area contributed by atoms with Gasteiger partial charge in [-0.1, -0.05) is 0 Å². The van der Waals surface area contributed by atoms with Crippen molar-refractivity contribution < 1.29 is 26.7 Å². The number of nitrogens with zero attached hydrogens (tertiary/aromatic N) is 3. The van der Waals surface area contributed by atoms with E-state index in [1.54, 1.807) is 13.0 Å². The molecule has 0 amide bonds. The molecule has 0 spiro atoms. The van der Waals surface area contributed by atoms with Crippen molar-refractivity contribution in [3.8, 4) is 17.0 Å². The van der Waals surface area contributed by atoms with Gasteiger partial charge in [0.2, 0.25) is 16.0 Å². The first kappa shape index (κ1) is 25.7. The van der Waals surface area contributed by atoms with Crippen molar-refractivity contribution in [2.45, 2.75) is 31.7 Å². The zero-order valence-corrected chi connectivity index (χ0v) is 20.9. The number of anilines is 3. The quantitative estimate of drug-likeness (QED) is 0.322. The summed E-state index contributed by atoms with van der Waals surface area (Å²) in [4.78, 5) is 10.2. The fraction of sp³-hybridized carbons (Fsp3) is 0.333. The molecule has 4 rings (SSSR count). The Morgan fingerprint density at radius 2 is 1.92 bits per heavy atom. The summed E-state index contributed by atoms with van der Waals surface area (Å²) in [6.07, 6.45) is 0.995. The first-order chi connectivity index (χ1) is 17.2. The number of nitrogens with one attached hydrogen (secondary N) is 2. The van der Waals surface area contributed by atoms with Crippen LogP contribution in [0, 0.1) is 11.6 Å². The maximum atomic E-state index is 14.9. The van der Waals surface area contributed by atoms with Crippen LogP contribution in [-0.2, 0) is 14.8 Å². The molecule has 36 heavy (non-hydrogen) atoms. The Kier molecular flexibility index (Phi) is 7.67. The van der Waals surface area contributed by atoms with Crippen LogP contribution < -0.4 is 19.7 Å². The highest BCUT2D eigenvalue weighted by Crippen LogP contribution is 2.39. The van der Waals surface area contributed by atoms with E-state index in [1.807, 2.05) is 18.7 Å². The number of hydrogen-bond acceptors (Lipinski definition) is 8. The Labute approximate surface area is 208 Å². The monoisotopic (exact) mass is 519 g/mol. The molecule has 1 aromatic heterocycles. The van der Waals surface area contributed by atoms with Gasteiger partial charge in [-0.2, -0.15) is 4.72 Å². The second kappa shape index (κ2) is 10.7. The molecule has 0 saturated carbocycles. The first-order valence-electron chi connectivity index (χ1n) is 11.4. The van der Waals surface area contributed by atoms with Gasteiger partial charge in [0.05, 0.1) is 23.3 Å². The van der Waals surface area contributed by atoms with Crippen molar-refractivity contribution in [2.75, 3.05) is 36.7 Å². The average molecular weight is 520 g/mol. The lowest BCUT2D eigenvalue weighted by atomic mass is 10.1. The van der Waals surface area contributed by atoms with Gasteiger partial charge in [0.15, 0.2) is 17.4 Å². The molecule has 0 bridgehead atoms. The number of ether oxygens (including phenoxy) is 2. The summed E-state index contributed by atoms with van der Waals surface area (Å²) in [6, 6.07) is 8.79. The van der Waals surface area contributed by atoms with Gasteiger partial charge in [-0.25, -0.2) is 27.2 Å². The predicted octanol–water partition coefficient (Wildman–Crippen LogP) is 4.04. The van der Waals surface area contributed by atoms with E-state index < -0.39 is 21.7 Å². The number of fused-ring (bicyclic) bond motifs is 1.